The third-order valence-electron chi connectivity index (χ3n) is 11.2. The predicted octanol–water partition coefficient (Wildman–Crippen LogP) is 14.0. The van der Waals surface area contributed by atoms with Crippen molar-refractivity contribution in [3.63, 3.8) is 0 Å². The van der Waals surface area contributed by atoms with Gasteiger partial charge >= 0.3 is 0 Å². The normalized spacial score (nSPS) is 11.9. The Hall–Kier alpha value is -7.76. The van der Waals surface area contributed by atoms with Gasteiger partial charge in [-0.05, 0) is 65.7 Å². The Morgan fingerprint density at radius 1 is 0.351 bits per heavy atom. The molecule has 4 heterocycles. The van der Waals surface area contributed by atoms with Crippen molar-refractivity contribution in [1.82, 2.24) is 14.5 Å². The molecule has 0 amide bonds. The van der Waals surface area contributed by atoms with E-state index in [1.807, 2.05) is 48.5 Å². The molecule has 0 aliphatic heterocycles. The highest BCUT2D eigenvalue weighted by atomic mass is 16.3. The Morgan fingerprint density at radius 2 is 0.965 bits per heavy atom. The molecule has 0 fully saturated rings. The Labute approximate surface area is 326 Å². The molecule has 0 N–H and O–H groups in total. The molecule has 4 aromatic heterocycles. The maximum absolute atomic E-state index is 6.65. The Balaban J connectivity index is 1.03. The zero-order valence-corrected chi connectivity index (χ0v) is 30.6. The number of fused-ring (bicyclic) bond motifs is 9. The SMILES string of the molecule is c1ccc(-c2cc(-c3cccc4oc5ccc(-c6cccc7oc8cc(-n9c%10ccccc%10c%10ccccc%109)ccc8c67)cc5c34)nc(-c3ccccc3)n2)cc1. The number of aromatic nitrogens is 3. The van der Waals surface area contributed by atoms with Crippen LogP contribution in [0.3, 0.4) is 0 Å². The van der Waals surface area contributed by atoms with Crippen LogP contribution in [0.25, 0.3) is 116 Å². The lowest BCUT2D eigenvalue weighted by atomic mass is 9.96. The van der Waals surface area contributed by atoms with Crippen LogP contribution in [0.1, 0.15) is 0 Å². The average molecular weight is 730 g/mol. The molecule has 5 heteroatoms. The summed E-state index contributed by atoms with van der Waals surface area (Å²) in [6.07, 6.45) is 0. The highest BCUT2D eigenvalue weighted by molar-refractivity contribution is 6.17. The van der Waals surface area contributed by atoms with E-state index in [1.54, 1.807) is 0 Å². The lowest BCUT2D eigenvalue weighted by molar-refractivity contribution is 0.668. The second-order valence-electron chi connectivity index (χ2n) is 14.5. The van der Waals surface area contributed by atoms with E-state index in [-0.39, 0.29) is 0 Å². The molecule has 12 rings (SSSR count). The van der Waals surface area contributed by atoms with Crippen molar-refractivity contribution in [3.8, 4) is 50.7 Å². The van der Waals surface area contributed by atoms with Gasteiger partial charge in [-0.2, -0.15) is 0 Å². The monoisotopic (exact) mass is 729 g/mol. The second-order valence-corrected chi connectivity index (χ2v) is 14.5. The maximum Gasteiger partial charge on any atom is 0.160 e. The van der Waals surface area contributed by atoms with Crippen LogP contribution in [0.15, 0.2) is 197 Å². The molecule has 0 unspecified atom stereocenters. The molecular weight excluding hydrogens is 699 g/mol. The Bertz CT molecular complexity index is 3410. The number of hydrogen-bond acceptors (Lipinski definition) is 4. The maximum atomic E-state index is 6.65. The fraction of sp³-hybridized carbons (Fsp3) is 0. The van der Waals surface area contributed by atoms with Gasteiger partial charge in [-0.15, -0.1) is 0 Å². The molecule has 0 saturated carbocycles. The molecule has 0 aliphatic rings. The summed E-state index contributed by atoms with van der Waals surface area (Å²) >= 11 is 0. The van der Waals surface area contributed by atoms with E-state index in [1.165, 1.54) is 21.8 Å². The number of hydrogen-bond donors (Lipinski definition) is 0. The minimum absolute atomic E-state index is 0.678. The first-order chi connectivity index (χ1) is 28.2. The van der Waals surface area contributed by atoms with Gasteiger partial charge in [0.05, 0.1) is 22.4 Å². The van der Waals surface area contributed by atoms with Crippen molar-refractivity contribution in [2.45, 2.75) is 0 Å². The molecular formula is C52H31N3O2. The molecule has 0 spiro atoms. The molecule has 0 radical (unpaired) electrons. The minimum atomic E-state index is 0.678. The molecule has 57 heavy (non-hydrogen) atoms. The molecule has 8 aromatic carbocycles. The van der Waals surface area contributed by atoms with Crippen LogP contribution in [-0.2, 0) is 0 Å². The third-order valence-corrected chi connectivity index (χ3v) is 11.2. The van der Waals surface area contributed by atoms with E-state index in [4.69, 9.17) is 18.8 Å². The molecule has 0 aliphatic carbocycles. The summed E-state index contributed by atoms with van der Waals surface area (Å²) in [5.74, 6) is 0.678. The van der Waals surface area contributed by atoms with E-state index >= 15 is 0 Å². The summed E-state index contributed by atoms with van der Waals surface area (Å²) in [5.41, 5.74) is 13.6. The summed E-state index contributed by atoms with van der Waals surface area (Å²) in [4.78, 5) is 10.2. The van der Waals surface area contributed by atoms with Gasteiger partial charge in [0, 0.05) is 60.8 Å². The van der Waals surface area contributed by atoms with Crippen LogP contribution in [0.4, 0.5) is 0 Å². The second kappa shape index (κ2) is 12.4. The summed E-state index contributed by atoms with van der Waals surface area (Å²) < 4.78 is 15.5. The lowest BCUT2D eigenvalue weighted by Crippen LogP contribution is -1.96. The summed E-state index contributed by atoms with van der Waals surface area (Å²) in [6.45, 7) is 0. The van der Waals surface area contributed by atoms with Gasteiger partial charge in [-0.3, -0.25) is 0 Å². The first-order valence-corrected chi connectivity index (χ1v) is 19.1. The largest absolute Gasteiger partial charge is 0.456 e. The first kappa shape index (κ1) is 31.6. The van der Waals surface area contributed by atoms with Gasteiger partial charge in [-0.1, -0.05) is 127 Å². The number of benzene rings is 8. The van der Waals surface area contributed by atoms with Gasteiger partial charge in [-0.25, -0.2) is 9.97 Å². The van der Waals surface area contributed by atoms with Gasteiger partial charge in [0.1, 0.15) is 22.3 Å². The van der Waals surface area contributed by atoms with Crippen molar-refractivity contribution in [1.29, 1.82) is 0 Å². The van der Waals surface area contributed by atoms with Gasteiger partial charge in [0.15, 0.2) is 5.82 Å². The van der Waals surface area contributed by atoms with E-state index in [0.717, 1.165) is 88.8 Å². The van der Waals surface area contributed by atoms with Crippen LogP contribution in [0.5, 0.6) is 0 Å². The predicted molar refractivity (Wildman–Crippen MR) is 233 cm³/mol. The molecule has 0 atom stereocenters. The van der Waals surface area contributed by atoms with Crippen molar-refractivity contribution in [3.05, 3.63) is 188 Å². The molecule has 0 bridgehead atoms. The number of rotatable bonds is 5. The van der Waals surface area contributed by atoms with Crippen LogP contribution in [0.2, 0.25) is 0 Å². The fourth-order valence-corrected chi connectivity index (χ4v) is 8.66. The van der Waals surface area contributed by atoms with Gasteiger partial charge < -0.3 is 13.4 Å². The Kier molecular flexibility index (Phi) is 6.86. The molecule has 5 nitrogen and oxygen atoms in total. The molecule has 0 saturated heterocycles. The zero-order chi connectivity index (χ0) is 37.5. The van der Waals surface area contributed by atoms with Gasteiger partial charge in [0.25, 0.3) is 0 Å². The van der Waals surface area contributed by atoms with E-state index in [9.17, 15) is 0 Å². The lowest BCUT2D eigenvalue weighted by Gasteiger charge is -2.10. The quantitative estimate of drug-likeness (QED) is 0.177. The number of para-hydroxylation sites is 2. The van der Waals surface area contributed by atoms with Crippen LogP contribution in [-0.4, -0.2) is 14.5 Å². The zero-order valence-electron chi connectivity index (χ0n) is 30.6. The van der Waals surface area contributed by atoms with E-state index in [2.05, 4.69) is 144 Å². The van der Waals surface area contributed by atoms with Crippen molar-refractivity contribution in [2.75, 3.05) is 0 Å². The van der Waals surface area contributed by atoms with E-state index in [0.29, 0.717) is 5.82 Å². The highest BCUT2D eigenvalue weighted by Gasteiger charge is 2.20. The summed E-state index contributed by atoms with van der Waals surface area (Å²) in [7, 11) is 0. The first-order valence-electron chi connectivity index (χ1n) is 19.1. The summed E-state index contributed by atoms with van der Waals surface area (Å²) in [5, 5.41) is 6.68. The standard InChI is InChI=1S/C52H31N3O2/c1-3-13-32(14-4-1)42-31-43(54-52(53-42)33-15-5-2-6-16-33)39-20-12-24-48-51(39)41-29-34(25-28-46(41)56-48)36-19-11-23-47-50(36)40-27-26-35(30-49(40)57-47)55-44-21-9-7-17-37(44)38-18-8-10-22-45(38)55/h1-31H. The van der Waals surface area contributed by atoms with E-state index < -0.39 is 0 Å². The average Bonchev–Trinajstić information content (AvgIpc) is 3.96. The summed E-state index contributed by atoms with van der Waals surface area (Å²) in [6, 6.07) is 65.3. The topological polar surface area (TPSA) is 57.0 Å². The molecule has 266 valence electrons. The highest BCUT2D eigenvalue weighted by Crippen LogP contribution is 2.43. The van der Waals surface area contributed by atoms with Crippen LogP contribution >= 0.6 is 0 Å². The van der Waals surface area contributed by atoms with Crippen molar-refractivity contribution < 1.29 is 8.83 Å². The van der Waals surface area contributed by atoms with Crippen LogP contribution in [0, 0.1) is 0 Å². The fourth-order valence-electron chi connectivity index (χ4n) is 8.66. The van der Waals surface area contributed by atoms with Crippen molar-refractivity contribution >= 4 is 65.7 Å². The Morgan fingerprint density at radius 3 is 1.70 bits per heavy atom. The number of furan rings is 2. The number of nitrogens with zero attached hydrogens (tertiary/aromatic N) is 3. The van der Waals surface area contributed by atoms with Crippen molar-refractivity contribution in [2.24, 2.45) is 0 Å². The molecule has 12 aromatic rings. The van der Waals surface area contributed by atoms with Gasteiger partial charge in [0.2, 0.25) is 0 Å². The van der Waals surface area contributed by atoms with Crippen LogP contribution < -0.4 is 0 Å². The smallest absolute Gasteiger partial charge is 0.160 e. The third kappa shape index (κ3) is 4.96. The minimum Gasteiger partial charge on any atom is -0.456 e.